The van der Waals surface area contributed by atoms with Crippen LogP contribution in [-0.2, 0) is 5.88 Å². The van der Waals surface area contributed by atoms with Gasteiger partial charge < -0.3 is 4.42 Å². The lowest BCUT2D eigenvalue weighted by Gasteiger charge is -1.88. The molecule has 0 saturated heterocycles. The minimum Gasteiger partial charge on any atom is -0.373 e. The summed E-state index contributed by atoms with van der Waals surface area (Å²) in [6, 6.07) is 1.13. The normalized spacial score (nSPS) is 9.70. The summed E-state index contributed by atoms with van der Waals surface area (Å²) in [4.78, 5) is 23.1. The van der Waals surface area contributed by atoms with Crippen molar-refractivity contribution in [1.82, 2.24) is 4.98 Å². The van der Waals surface area contributed by atoms with Gasteiger partial charge in [0.2, 0.25) is 0 Å². The molecule has 54 valence electrons. The molecule has 0 radical (unpaired) electrons. The Hall–Kier alpha value is -1.03. The van der Waals surface area contributed by atoms with Crippen molar-refractivity contribution in [3.63, 3.8) is 0 Å². The van der Waals surface area contributed by atoms with E-state index < -0.39 is 11.4 Å². The number of hydrogen-bond acceptors (Lipinski definition) is 3. The average Bonchev–Trinajstić information content (AvgIpc) is 1.85. The van der Waals surface area contributed by atoms with E-state index in [0.29, 0.717) is 5.69 Å². The summed E-state index contributed by atoms with van der Waals surface area (Å²) < 4.78 is 4.09. The first-order valence-corrected chi connectivity index (χ1v) is 3.05. The number of alkyl halides is 1. The molecule has 0 saturated carbocycles. The van der Waals surface area contributed by atoms with E-state index in [1.807, 2.05) is 0 Å². The maximum atomic E-state index is 10.4. The summed E-state index contributed by atoms with van der Waals surface area (Å²) >= 11 is 5.32. The van der Waals surface area contributed by atoms with Gasteiger partial charge >= 0.3 is 11.4 Å². The van der Waals surface area contributed by atoms with Crippen LogP contribution in [0.5, 0.6) is 0 Å². The molecule has 0 aromatic carbocycles. The largest absolute Gasteiger partial charge is 0.419 e. The first-order chi connectivity index (χ1) is 4.72. The SMILES string of the molecule is O=c1cc(CCl)[nH]c(=O)o1. The Bertz CT molecular complexity index is 298. The molecule has 1 N–H and O–H groups in total. The van der Waals surface area contributed by atoms with Gasteiger partial charge in [0.25, 0.3) is 0 Å². The summed E-state index contributed by atoms with van der Waals surface area (Å²) in [6.07, 6.45) is 0. The topological polar surface area (TPSA) is 63.1 Å². The Morgan fingerprint density at radius 1 is 1.60 bits per heavy atom. The van der Waals surface area contributed by atoms with E-state index >= 15 is 0 Å². The highest BCUT2D eigenvalue weighted by molar-refractivity contribution is 6.16. The van der Waals surface area contributed by atoms with Crippen LogP contribution >= 0.6 is 11.6 Å². The van der Waals surface area contributed by atoms with Gasteiger partial charge in [-0.1, -0.05) is 0 Å². The van der Waals surface area contributed by atoms with Crippen LogP contribution in [0.1, 0.15) is 5.69 Å². The molecule has 0 amide bonds. The highest BCUT2D eigenvalue weighted by atomic mass is 35.5. The van der Waals surface area contributed by atoms with Crippen molar-refractivity contribution >= 4 is 11.6 Å². The molecule has 4 nitrogen and oxygen atoms in total. The third-order valence-corrected chi connectivity index (χ3v) is 1.18. The van der Waals surface area contributed by atoms with Crippen LogP contribution < -0.4 is 11.4 Å². The molecule has 0 spiro atoms. The number of aromatic nitrogens is 1. The highest BCUT2D eigenvalue weighted by Gasteiger charge is 1.94. The molecular weight excluding hydrogens is 158 g/mol. The van der Waals surface area contributed by atoms with Crippen LogP contribution in [0.3, 0.4) is 0 Å². The van der Waals surface area contributed by atoms with Gasteiger partial charge in [0.05, 0.1) is 5.88 Å². The lowest BCUT2D eigenvalue weighted by Crippen LogP contribution is -2.15. The second kappa shape index (κ2) is 2.70. The van der Waals surface area contributed by atoms with E-state index in [4.69, 9.17) is 11.6 Å². The van der Waals surface area contributed by atoms with E-state index in [9.17, 15) is 9.59 Å². The fourth-order valence-corrected chi connectivity index (χ4v) is 0.672. The monoisotopic (exact) mass is 161 g/mol. The third kappa shape index (κ3) is 1.48. The van der Waals surface area contributed by atoms with Crippen LogP contribution in [0.4, 0.5) is 0 Å². The smallest absolute Gasteiger partial charge is 0.373 e. The van der Waals surface area contributed by atoms with Crippen LogP contribution in [0, 0.1) is 0 Å². The Labute approximate surface area is 60.4 Å². The lowest BCUT2D eigenvalue weighted by molar-refractivity contribution is 0.446. The molecule has 5 heteroatoms. The van der Waals surface area contributed by atoms with Crippen LogP contribution in [0.25, 0.3) is 0 Å². The van der Waals surface area contributed by atoms with Gasteiger partial charge in [-0.15, -0.1) is 11.6 Å². The van der Waals surface area contributed by atoms with Gasteiger partial charge in [-0.25, -0.2) is 9.59 Å². The third-order valence-electron chi connectivity index (χ3n) is 0.892. The summed E-state index contributed by atoms with van der Waals surface area (Å²) in [5, 5.41) is 0. The molecule has 0 aliphatic rings. The van der Waals surface area contributed by atoms with Crippen molar-refractivity contribution in [2.45, 2.75) is 5.88 Å². The van der Waals surface area contributed by atoms with Gasteiger partial charge in [0, 0.05) is 11.8 Å². The van der Waals surface area contributed by atoms with Crippen LogP contribution in [-0.4, -0.2) is 4.98 Å². The quantitative estimate of drug-likeness (QED) is 0.593. The molecule has 10 heavy (non-hydrogen) atoms. The molecule has 1 aromatic heterocycles. The Kier molecular flexibility index (Phi) is 1.91. The second-order valence-electron chi connectivity index (χ2n) is 1.64. The van der Waals surface area contributed by atoms with Crippen LogP contribution in [0.15, 0.2) is 20.1 Å². The standard InChI is InChI=1S/C5H4ClNO3/c6-2-3-1-4(8)10-5(9)7-3/h1H,2H2,(H,7,9). The van der Waals surface area contributed by atoms with Crippen LogP contribution in [0.2, 0.25) is 0 Å². The minimum atomic E-state index is -0.775. The van der Waals surface area contributed by atoms with Crippen molar-refractivity contribution in [2.24, 2.45) is 0 Å². The zero-order chi connectivity index (χ0) is 7.56. The predicted octanol–water partition coefficient (Wildman–Crippen LogP) is 0.0669. The zero-order valence-corrected chi connectivity index (χ0v) is 5.64. The molecule has 1 aromatic rings. The first-order valence-electron chi connectivity index (χ1n) is 2.51. The summed E-state index contributed by atoms with van der Waals surface area (Å²) in [7, 11) is 0. The van der Waals surface area contributed by atoms with E-state index in [1.165, 1.54) is 0 Å². The average molecular weight is 162 g/mol. The number of rotatable bonds is 1. The minimum absolute atomic E-state index is 0.0981. The molecular formula is C5H4ClNO3. The number of aromatic amines is 1. The van der Waals surface area contributed by atoms with Gasteiger partial charge in [0.15, 0.2) is 0 Å². The Morgan fingerprint density at radius 3 is 2.80 bits per heavy atom. The molecule has 1 heterocycles. The fourth-order valence-electron chi connectivity index (χ4n) is 0.528. The maximum absolute atomic E-state index is 10.4. The van der Waals surface area contributed by atoms with E-state index in [2.05, 4.69) is 9.40 Å². The van der Waals surface area contributed by atoms with Crippen molar-refractivity contribution in [3.8, 4) is 0 Å². The zero-order valence-electron chi connectivity index (χ0n) is 4.89. The molecule has 0 atom stereocenters. The van der Waals surface area contributed by atoms with Gasteiger partial charge in [-0.3, -0.25) is 4.98 Å². The van der Waals surface area contributed by atoms with E-state index in [1.54, 1.807) is 0 Å². The molecule has 1 rings (SSSR count). The fraction of sp³-hybridized carbons (Fsp3) is 0.200. The predicted molar refractivity (Wildman–Crippen MR) is 35.2 cm³/mol. The van der Waals surface area contributed by atoms with E-state index in [-0.39, 0.29) is 5.88 Å². The first kappa shape index (κ1) is 7.08. The molecule has 0 aliphatic carbocycles. The van der Waals surface area contributed by atoms with Gasteiger partial charge in [-0.05, 0) is 0 Å². The summed E-state index contributed by atoms with van der Waals surface area (Å²) in [5.74, 6) is -0.677. The maximum Gasteiger partial charge on any atom is 0.419 e. The molecule has 0 unspecified atom stereocenters. The second-order valence-corrected chi connectivity index (χ2v) is 1.90. The molecule has 0 fully saturated rings. The molecule has 0 aliphatic heterocycles. The Morgan fingerprint density at radius 2 is 2.30 bits per heavy atom. The van der Waals surface area contributed by atoms with E-state index in [0.717, 1.165) is 6.07 Å². The van der Waals surface area contributed by atoms with Crippen molar-refractivity contribution in [3.05, 3.63) is 32.7 Å². The lowest BCUT2D eigenvalue weighted by atomic mass is 10.5. The summed E-state index contributed by atoms with van der Waals surface area (Å²) in [6.45, 7) is 0. The number of H-pyrrole nitrogens is 1. The van der Waals surface area contributed by atoms with Crippen molar-refractivity contribution in [1.29, 1.82) is 0 Å². The van der Waals surface area contributed by atoms with Gasteiger partial charge in [0.1, 0.15) is 0 Å². The number of halogens is 1. The number of hydrogen-bond donors (Lipinski definition) is 1. The summed E-state index contributed by atoms with van der Waals surface area (Å²) in [5.41, 5.74) is -0.317. The number of nitrogens with one attached hydrogen (secondary N) is 1. The Balaban J connectivity index is 3.33. The van der Waals surface area contributed by atoms with Crippen molar-refractivity contribution < 1.29 is 4.42 Å². The molecule has 0 bridgehead atoms. The van der Waals surface area contributed by atoms with Gasteiger partial charge in [-0.2, -0.15) is 0 Å². The highest BCUT2D eigenvalue weighted by Crippen LogP contribution is 1.90. The van der Waals surface area contributed by atoms with Crippen molar-refractivity contribution in [2.75, 3.05) is 0 Å².